The smallest absolute Gasteiger partial charge is 0.273 e. The molecule has 116 valence electrons. The topological polar surface area (TPSA) is 55.1 Å². The standard InChI is InChI=1S/C17H19BrN2O2/c1-11-15(20-12(2)22-11)16(21)19-10-17(7-4-8-17)13-5-3-6-14(18)9-13/h3,5-6,9H,4,7-8,10H2,1-2H3,(H,19,21). The molecule has 1 aliphatic rings. The van der Waals surface area contributed by atoms with Gasteiger partial charge in [0.15, 0.2) is 11.6 Å². The van der Waals surface area contributed by atoms with E-state index in [0.29, 0.717) is 23.9 Å². The molecule has 1 amide bonds. The second-order valence-corrected chi connectivity index (χ2v) is 6.88. The van der Waals surface area contributed by atoms with E-state index in [1.54, 1.807) is 13.8 Å². The summed E-state index contributed by atoms with van der Waals surface area (Å²) in [6.07, 6.45) is 3.39. The lowest BCUT2D eigenvalue weighted by Crippen LogP contribution is -2.45. The Morgan fingerprint density at radius 3 is 2.73 bits per heavy atom. The van der Waals surface area contributed by atoms with Crippen LogP contribution in [0.25, 0.3) is 0 Å². The van der Waals surface area contributed by atoms with Gasteiger partial charge < -0.3 is 9.73 Å². The average molecular weight is 363 g/mol. The monoisotopic (exact) mass is 362 g/mol. The van der Waals surface area contributed by atoms with E-state index in [1.807, 2.05) is 12.1 Å². The number of hydrogen-bond donors (Lipinski definition) is 1. The average Bonchev–Trinajstić information content (AvgIpc) is 2.76. The number of carbonyl (C=O) groups excluding carboxylic acids is 1. The summed E-state index contributed by atoms with van der Waals surface area (Å²) in [6.45, 7) is 4.15. The van der Waals surface area contributed by atoms with E-state index in [4.69, 9.17) is 4.42 Å². The molecule has 0 unspecified atom stereocenters. The molecule has 1 heterocycles. The first-order valence-corrected chi connectivity index (χ1v) is 8.28. The van der Waals surface area contributed by atoms with Gasteiger partial charge >= 0.3 is 0 Å². The Bertz CT molecular complexity index is 704. The minimum absolute atomic E-state index is 0.0477. The molecule has 1 aromatic heterocycles. The van der Waals surface area contributed by atoms with Gasteiger partial charge in [0.05, 0.1) is 0 Å². The zero-order chi connectivity index (χ0) is 15.7. The normalized spacial score (nSPS) is 16.1. The molecule has 3 rings (SSSR count). The highest BCUT2D eigenvalue weighted by atomic mass is 79.9. The third kappa shape index (κ3) is 2.82. The Kier molecular flexibility index (Phi) is 4.08. The summed E-state index contributed by atoms with van der Waals surface area (Å²) in [5.41, 5.74) is 1.72. The maximum absolute atomic E-state index is 12.3. The van der Waals surface area contributed by atoms with Crippen LogP contribution in [0.4, 0.5) is 0 Å². The number of nitrogens with zero attached hydrogens (tertiary/aromatic N) is 1. The summed E-state index contributed by atoms with van der Waals surface area (Å²) in [5, 5.41) is 3.04. The number of benzene rings is 1. The lowest BCUT2D eigenvalue weighted by atomic mass is 9.64. The highest BCUT2D eigenvalue weighted by Crippen LogP contribution is 2.43. The number of amides is 1. The maximum Gasteiger partial charge on any atom is 0.273 e. The Morgan fingerprint density at radius 1 is 1.41 bits per heavy atom. The van der Waals surface area contributed by atoms with Gasteiger partial charge in [-0.15, -0.1) is 0 Å². The second kappa shape index (κ2) is 5.88. The minimum atomic E-state index is -0.157. The van der Waals surface area contributed by atoms with Crippen molar-refractivity contribution in [2.45, 2.75) is 38.5 Å². The van der Waals surface area contributed by atoms with Crippen molar-refractivity contribution in [3.8, 4) is 0 Å². The number of aryl methyl sites for hydroxylation is 2. The van der Waals surface area contributed by atoms with Gasteiger partial charge in [-0.3, -0.25) is 4.79 Å². The molecule has 0 radical (unpaired) electrons. The Morgan fingerprint density at radius 2 is 2.18 bits per heavy atom. The largest absolute Gasteiger partial charge is 0.445 e. The molecular weight excluding hydrogens is 344 g/mol. The zero-order valence-corrected chi connectivity index (χ0v) is 14.4. The number of hydrogen-bond acceptors (Lipinski definition) is 3. The van der Waals surface area contributed by atoms with Crippen molar-refractivity contribution in [2.24, 2.45) is 0 Å². The predicted molar refractivity (Wildman–Crippen MR) is 88.0 cm³/mol. The van der Waals surface area contributed by atoms with E-state index in [9.17, 15) is 4.79 Å². The van der Waals surface area contributed by atoms with Crippen LogP contribution in [0.15, 0.2) is 33.2 Å². The molecule has 1 fully saturated rings. The quantitative estimate of drug-likeness (QED) is 0.896. The van der Waals surface area contributed by atoms with Gasteiger partial charge in [-0.25, -0.2) is 4.98 Å². The third-order valence-corrected chi connectivity index (χ3v) is 4.95. The van der Waals surface area contributed by atoms with Gasteiger partial charge in [-0.2, -0.15) is 0 Å². The number of carbonyl (C=O) groups is 1. The van der Waals surface area contributed by atoms with Crippen molar-refractivity contribution < 1.29 is 9.21 Å². The summed E-state index contributed by atoms with van der Waals surface area (Å²) in [5.74, 6) is 0.934. The van der Waals surface area contributed by atoms with Crippen molar-refractivity contribution in [1.82, 2.24) is 10.3 Å². The number of rotatable bonds is 4. The van der Waals surface area contributed by atoms with Gasteiger partial charge in [0.2, 0.25) is 0 Å². The van der Waals surface area contributed by atoms with Crippen LogP contribution < -0.4 is 5.32 Å². The van der Waals surface area contributed by atoms with Crippen LogP contribution in [0, 0.1) is 13.8 Å². The van der Waals surface area contributed by atoms with Crippen LogP contribution in [-0.2, 0) is 5.41 Å². The van der Waals surface area contributed by atoms with Crippen molar-refractivity contribution in [3.05, 3.63) is 51.6 Å². The summed E-state index contributed by atoms with van der Waals surface area (Å²) >= 11 is 3.53. The predicted octanol–water partition coefficient (Wildman–Crippen LogP) is 3.91. The van der Waals surface area contributed by atoms with E-state index in [1.165, 1.54) is 12.0 Å². The fourth-order valence-electron chi connectivity index (χ4n) is 3.06. The first kappa shape index (κ1) is 15.3. The van der Waals surface area contributed by atoms with Gasteiger partial charge in [0, 0.05) is 23.4 Å². The third-order valence-electron chi connectivity index (χ3n) is 4.45. The highest BCUT2D eigenvalue weighted by molar-refractivity contribution is 9.10. The Labute approximate surface area is 138 Å². The summed E-state index contributed by atoms with van der Waals surface area (Å²) in [7, 11) is 0. The Balaban J connectivity index is 1.74. The molecule has 0 atom stereocenters. The molecule has 0 bridgehead atoms. The van der Waals surface area contributed by atoms with Crippen LogP contribution >= 0.6 is 15.9 Å². The van der Waals surface area contributed by atoms with Gasteiger partial charge in [0.25, 0.3) is 5.91 Å². The fourth-order valence-corrected chi connectivity index (χ4v) is 3.46. The number of nitrogens with one attached hydrogen (secondary N) is 1. The molecule has 1 aromatic carbocycles. The molecule has 0 aliphatic heterocycles. The van der Waals surface area contributed by atoms with Crippen LogP contribution in [0.3, 0.4) is 0 Å². The molecular formula is C17H19BrN2O2. The molecule has 2 aromatic rings. The maximum atomic E-state index is 12.3. The van der Waals surface area contributed by atoms with Crippen molar-refractivity contribution >= 4 is 21.8 Å². The van der Waals surface area contributed by atoms with Crippen LogP contribution in [0.2, 0.25) is 0 Å². The summed E-state index contributed by atoms with van der Waals surface area (Å²) in [4.78, 5) is 16.5. The summed E-state index contributed by atoms with van der Waals surface area (Å²) < 4.78 is 6.40. The van der Waals surface area contributed by atoms with Crippen LogP contribution in [0.1, 0.15) is 47.0 Å². The number of halogens is 1. The van der Waals surface area contributed by atoms with Crippen LogP contribution in [-0.4, -0.2) is 17.4 Å². The molecule has 1 N–H and O–H groups in total. The molecule has 1 aliphatic carbocycles. The van der Waals surface area contributed by atoms with Crippen molar-refractivity contribution in [1.29, 1.82) is 0 Å². The van der Waals surface area contributed by atoms with Gasteiger partial charge in [-0.05, 0) is 37.5 Å². The van der Waals surface area contributed by atoms with E-state index in [0.717, 1.165) is 17.3 Å². The van der Waals surface area contributed by atoms with Gasteiger partial charge in [-0.1, -0.05) is 34.5 Å². The SMILES string of the molecule is Cc1nc(C(=O)NCC2(c3cccc(Br)c3)CCC2)c(C)o1. The first-order chi connectivity index (χ1) is 10.5. The minimum Gasteiger partial charge on any atom is -0.445 e. The van der Waals surface area contributed by atoms with Crippen molar-refractivity contribution in [2.75, 3.05) is 6.54 Å². The van der Waals surface area contributed by atoms with Gasteiger partial charge in [0.1, 0.15) is 5.76 Å². The van der Waals surface area contributed by atoms with E-state index >= 15 is 0 Å². The Hall–Kier alpha value is -1.62. The molecule has 1 saturated carbocycles. The zero-order valence-electron chi connectivity index (χ0n) is 12.8. The molecule has 0 saturated heterocycles. The lowest BCUT2D eigenvalue weighted by molar-refractivity contribution is 0.0922. The van der Waals surface area contributed by atoms with E-state index < -0.39 is 0 Å². The summed E-state index contributed by atoms with van der Waals surface area (Å²) in [6, 6.07) is 8.36. The van der Waals surface area contributed by atoms with E-state index in [-0.39, 0.29) is 11.3 Å². The second-order valence-electron chi connectivity index (χ2n) is 5.96. The molecule has 5 heteroatoms. The molecule has 22 heavy (non-hydrogen) atoms. The molecule has 4 nitrogen and oxygen atoms in total. The molecule has 0 spiro atoms. The van der Waals surface area contributed by atoms with E-state index in [2.05, 4.69) is 38.4 Å². The van der Waals surface area contributed by atoms with Crippen molar-refractivity contribution in [3.63, 3.8) is 0 Å². The first-order valence-electron chi connectivity index (χ1n) is 7.48. The number of aromatic nitrogens is 1. The fraction of sp³-hybridized carbons (Fsp3) is 0.412. The van der Waals surface area contributed by atoms with Crippen LogP contribution in [0.5, 0.6) is 0 Å². The number of oxazole rings is 1. The lowest BCUT2D eigenvalue weighted by Gasteiger charge is -2.42. The highest BCUT2D eigenvalue weighted by Gasteiger charge is 2.39.